The summed E-state index contributed by atoms with van der Waals surface area (Å²) in [6.07, 6.45) is 8.00. The zero-order valence-electron chi connectivity index (χ0n) is 14.9. The van der Waals surface area contributed by atoms with Crippen LogP contribution in [0.5, 0.6) is 0 Å². The monoisotopic (exact) mass is 348 g/mol. The van der Waals surface area contributed by atoms with Crippen LogP contribution >= 0.6 is 0 Å². The molecule has 1 atom stereocenters. The molecule has 1 unspecified atom stereocenters. The number of fused-ring (bicyclic) bond motifs is 2. The summed E-state index contributed by atoms with van der Waals surface area (Å²) in [5.74, 6) is 0. The van der Waals surface area contributed by atoms with Crippen molar-refractivity contribution in [2.24, 2.45) is 0 Å². The summed E-state index contributed by atoms with van der Waals surface area (Å²) in [6, 6.07) is 15.7. The molecule has 0 N–H and O–H groups in total. The summed E-state index contributed by atoms with van der Waals surface area (Å²) in [4.78, 5) is 15.2. The molecule has 2 heterocycles. The molecule has 1 fully saturated rings. The first-order valence-electron chi connectivity index (χ1n) is 9.69. The van der Waals surface area contributed by atoms with Crippen molar-refractivity contribution in [2.75, 3.05) is 6.54 Å². The lowest BCUT2D eigenvalue weighted by molar-refractivity contribution is 0.159. The average molecular weight is 348 g/mol. The molecular weight excluding hydrogens is 324 g/mol. The van der Waals surface area contributed by atoms with E-state index in [1.165, 1.54) is 43.2 Å². The molecule has 3 aromatic rings. The van der Waals surface area contributed by atoms with Crippen molar-refractivity contribution in [3.8, 4) is 0 Å². The fraction of sp³-hybridized carbons (Fsp3) is 0.429. The highest BCUT2D eigenvalue weighted by Gasteiger charge is 2.36. The van der Waals surface area contributed by atoms with Crippen molar-refractivity contribution in [3.05, 3.63) is 70.3 Å². The van der Waals surface area contributed by atoms with Crippen LogP contribution in [0.4, 0.5) is 0 Å². The van der Waals surface area contributed by atoms with Gasteiger partial charge in [-0.05, 0) is 55.4 Å². The van der Waals surface area contributed by atoms with Crippen molar-refractivity contribution < 1.29 is 0 Å². The van der Waals surface area contributed by atoms with Crippen LogP contribution in [0.1, 0.15) is 42.9 Å². The van der Waals surface area contributed by atoms with Crippen LogP contribution in [-0.2, 0) is 13.0 Å². The van der Waals surface area contributed by atoms with Crippen molar-refractivity contribution in [2.45, 2.75) is 50.7 Å². The quantitative estimate of drug-likeness (QED) is 0.712. The van der Waals surface area contributed by atoms with Crippen LogP contribution in [0.25, 0.3) is 5.65 Å². The van der Waals surface area contributed by atoms with E-state index in [0.717, 1.165) is 12.2 Å². The van der Waals surface area contributed by atoms with Crippen LogP contribution in [0.15, 0.2) is 53.5 Å². The zero-order valence-corrected chi connectivity index (χ0v) is 14.9. The number of pyridine rings is 1. The van der Waals surface area contributed by atoms with Crippen molar-refractivity contribution in [1.82, 2.24) is 19.1 Å². The topological polar surface area (TPSA) is 42.5 Å². The van der Waals surface area contributed by atoms with E-state index in [9.17, 15) is 4.79 Å². The molecule has 0 spiro atoms. The highest BCUT2D eigenvalue weighted by atomic mass is 16.2. The van der Waals surface area contributed by atoms with Gasteiger partial charge in [-0.3, -0.25) is 9.30 Å². The Kier molecular flexibility index (Phi) is 3.89. The van der Waals surface area contributed by atoms with Gasteiger partial charge in [0.2, 0.25) is 0 Å². The minimum Gasteiger partial charge on any atom is -0.292 e. The molecule has 0 saturated heterocycles. The van der Waals surface area contributed by atoms with Crippen molar-refractivity contribution in [1.29, 1.82) is 0 Å². The van der Waals surface area contributed by atoms with E-state index >= 15 is 0 Å². The van der Waals surface area contributed by atoms with Gasteiger partial charge in [0.25, 0.3) is 0 Å². The predicted octanol–water partition coefficient (Wildman–Crippen LogP) is 3.04. The van der Waals surface area contributed by atoms with Gasteiger partial charge in [0.05, 0.1) is 6.54 Å². The third-order valence-corrected chi connectivity index (χ3v) is 5.81. The summed E-state index contributed by atoms with van der Waals surface area (Å²) in [7, 11) is 0. The largest absolute Gasteiger partial charge is 0.350 e. The Bertz CT molecular complexity index is 985. The maximum Gasteiger partial charge on any atom is 0.350 e. The number of nitrogens with zero attached hydrogens (tertiary/aromatic N) is 4. The first-order chi connectivity index (χ1) is 12.8. The maximum absolute atomic E-state index is 12.5. The van der Waals surface area contributed by atoms with Crippen LogP contribution in [0.2, 0.25) is 0 Å². The van der Waals surface area contributed by atoms with Gasteiger partial charge in [-0.1, -0.05) is 30.3 Å². The van der Waals surface area contributed by atoms with Gasteiger partial charge >= 0.3 is 5.69 Å². The normalized spacial score (nSPS) is 19.8. The SMILES string of the molecule is O=c1n(CCN(C2CC2)C2CCCc3ccccc32)nc2ccccn12. The van der Waals surface area contributed by atoms with E-state index in [0.29, 0.717) is 18.6 Å². The Labute approximate surface area is 152 Å². The van der Waals surface area contributed by atoms with E-state index in [-0.39, 0.29) is 5.69 Å². The summed E-state index contributed by atoms with van der Waals surface area (Å²) in [5, 5.41) is 4.49. The zero-order chi connectivity index (χ0) is 17.5. The van der Waals surface area contributed by atoms with Gasteiger partial charge < -0.3 is 0 Å². The van der Waals surface area contributed by atoms with E-state index in [1.54, 1.807) is 15.3 Å². The fourth-order valence-corrected chi connectivity index (χ4v) is 4.40. The molecule has 0 aliphatic heterocycles. The van der Waals surface area contributed by atoms with Crippen molar-refractivity contribution in [3.63, 3.8) is 0 Å². The lowest BCUT2D eigenvalue weighted by Crippen LogP contribution is -2.37. The average Bonchev–Trinajstić information content (AvgIpc) is 3.47. The van der Waals surface area contributed by atoms with Crippen LogP contribution in [-0.4, -0.2) is 31.7 Å². The molecule has 1 aromatic carbocycles. The van der Waals surface area contributed by atoms with Gasteiger partial charge in [-0.2, -0.15) is 0 Å². The number of rotatable bonds is 5. The third-order valence-electron chi connectivity index (χ3n) is 5.81. The Hall–Kier alpha value is -2.40. The van der Waals surface area contributed by atoms with Crippen molar-refractivity contribution >= 4 is 5.65 Å². The Morgan fingerprint density at radius 1 is 1.08 bits per heavy atom. The Balaban J connectivity index is 1.41. The molecule has 26 heavy (non-hydrogen) atoms. The second kappa shape index (κ2) is 6.40. The van der Waals surface area contributed by atoms with Crippen LogP contribution < -0.4 is 5.69 Å². The fourth-order valence-electron chi connectivity index (χ4n) is 4.40. The Morgan fingerprint density at radius 2 is 1.92 bits per heavy atom. The number of hydrogen-bond acceptors (Lipinski definition) is 3. The molecule has 0 radical (unpaired) electrons. The van der Waals surface area contributed by atoms with Crippen LogP contribution in [0.3, 0.4) is 0 Å². The van der Waals surface area contributed by atoms with E-state index in [4.69, 9.17) is 0 Å². The summed E-state index contributed by atoms with van der Waals surface area (Å²) in [5.41, 5.74) is 3.67. The van der Waals surface area contributed by atoms with Gasteiger partial charge in [0.15, 0.2) is 5.65 Å². The van der Waals surface area contributed by atoms with E-state index in [1.807, 2.05) is 18.2 Å². The van der Waals surface area contributed by atoms with Gasteiger partial charge in [-0.15, -0.1) is 5.10 Å². The summed E-state index contributed by atoms with van der Waals surface area (Å²) < 4.78 is 3.25. The smallest absolute Gasteiger partial charge is 0.292 e. The number of hydrogen-bond donors (Lipinski definition) is 0. The highest BCUT2D eigenvalue weighted by Crippen LogP contribution is 2.40. The van der Waals surface area contributed by atoms with Gasteiger partial charge in [0, 0.05) is 24.8 Å². The lowest BCUT2D eigenvalue weighted by Gasteiger charge is -2.36. The second-order valence-electron chi connectivity index (χ2n) is 7.51. The standard InChI is InChI=1S/C21H24N4O/c26-21-24-13-4-3-10-20(24)22-25(21)15-14-23(17-11-12-17)19-9-5-7-16-6-1-2-8-18(16)19/h1-4,6,8,10,13,17,19H,5,7,9,11-12,14-15H2. The molecule has 0 amide bonds. The number of aromatic nitrogens is 3. The molecule has 134 valence electrons. The summed E-state index contributed by atoms with van der Waals surface area (Å²) in [6.45, 7) is 1.53. The van der Waals surface area contributed by atoms with E-state index in [2.05, 4.69) is 34.3 Å². The van der Waals surface area contributed by atoms with Gasteiger partial charge in [0.1, 0.15) is 0 Å². The first-order valence-corrected chi connectivity index (χ1v) is 9.69. The Morgan fingerprint density at radius 3 is 2.77 bits per heavy atom. The van der Waals surface area contributed by atoms with Gasteiger partial charge in [-0.25, -0.2) is 9.48 Å². The molecule has 5 rings (SSSR count). The predicted molar refractivity (Wildman–Crippen MR) is 101 cm³/mol. The molecule has 5 heteroatoms. The van der Waals surface area contributed by atoms with E-state index < -0.39 is 0 Å². The molecule has 1 saturated carbocycles. The first kappa shape index (κ1) is 15.8. The minimum absolute atomic E-state index is 0.0413. The van der Waals surface area contributed by atoms with Crippen LogP contribution in [0, 0.1) is 0 Å². The molecule has 2 aliphatic rings. The maximum atomic E-state index is 12.5. The molecule has 2 aromatic heterocycles. The lowest BCUT2D eigenvalue weighted by atomic mass is 9.86. The molecule has 5 nitrogen and oxygen atoms in total. The second-order valence-corrected chi connectivity index (χ2v) is 7.51. The number of benzene rings is 1. The molecular formula is C21H24N4O. The molecule has 2 aliphatic carbocycles. The number of aryl methyl sites for hydroxylation is 1. The minimum atomic E-state index is -0.0413. The summed E-state index contributed by atoms with van der Waals surface area (Å²) >= 11 is 0. The third kappa shape index (κ3) is 2.76. The molecule has 0 bridgehead atoms. The highest BCUT2D eigenvalue weighted by molar-refractivity contribution is 5.35.